The standard InChI is InChI=1S/C5H4N2O3/c8-5-3-6-2-1-4(5)7(9)10/h1-3,8H/p-1. The summed E-state index contributed by atoms with van der Waals surface area (Å²) in [5, 5.41) is 20.6. The van der Waals surface area contributed by atoms with Crippen molar-refractivity contribution in [1.29, 1.82) is 0 Å². The molecule has 1 aromatic heterocycles. The Morgan fingerprint density at radius 3 is 2.70 bits per heavy atom. The van der Waals surface area contributed by atoms with Crippen molar-refractivity contribution < 1.29 is 10.0 Å². The van der Waals surface area contributed by atoms with Crippen molar-refractivity contribution in [3.05, 3.63) is 28.6 Å². The molecule has 0 N–H and O–H groups in total. The molecule has 0 spiro atoms. The van der Waals surface area contributed by atoms with E-state index in [2.05, 4.69) is 4.98 Å². The summed E-state index contributed by atoms with van der Waals surface area (Å²) in [6.45, 7) is 0. The van der Waals surface area contributed by atoms with Gasteiger partial charge < -0.3 is 5.11 Å². The van der Waals surface area contributed by atoms with Crippen molar-refractivity contribution in [2.24, 2.45) is 0 Å². The van der Waals surface area contributed by atoms with E-state index in [1.54, 1.807) is 0 Å². The Balaban J connectivity index is 3.15. The second kappa shape index (κ2) is 2.30. The van der Waals surface area contributed by atoms with Gasteiger partial charge in [-0.1, -0.05) is 0 Å². The molecule has 1 aromatic rings. The fourth-order valence-electron chi connectivity index (χ4n) is 0.523. The lowest BCUT2D eigenvalue weighted by molar-refractivity contribution is -0.398. The molecule has 0 radical (unpaired) electrons. The fraction of sp³-hybridized carbons (Fsp3) is 0. The van der Waals surface area contributed by atoms with Gasteiger partial charge in [0.15, 0.2) is 0 Å². The zero-order valence-electron chi connectivity index (χ0n) is 4.85. The van der Waals surface area contributed by atoms with Crippen LogP contribution in [-0.4, -0.2) is 9.91 Å². The van der Waals surface area contributed by atoms with Crippen molar-refractivity contribution in [2.75, 3.05) is 0 Å². The van der Waals surface area contributed by atoms with Gasteiger partial charge in [-0.05, 0) is 5.75 Å². The van der Waals surface area contributed by atoms with Crippen LogP contribution in [0.2, 0.25) is 0 Å². The maximum atomic E-state index is 10.6. The number of nitro groups is 1. The van der Waals surface area contributed by atoms with Crippen LogP contribution in [0.25, 0.3) is 0 Å². The lowest BCUT2D eigenvalue weighted by atomic mass is 10.4. The lowest BCUT2D eigenvalue weighted by Crippen LogP contribution is -1.97. The van der Waals surface area contributed by atoms with Gasteiger partial charge in [0.25, 0.3) is 5.69 Å². The first-order valence-corrected chi connectivity index (χ1v) is 2.47. The monoisotopic (exact) mass is 139 g/mol. The smallest absolute Gasteiger partial charge is 0.264 e. The Kier molecular flexibility index (Phi) is 1.49. The molecule has 0 fully saturated rings. The second-order valence-electron chi connectivity index (χ2n) is 1.60. The molecule has 0 amide bonds. The highest BCUT2D eigenvalue weighted by atomic mass is 16.6. The SMILES string of the molecule is O=[N+]([O-])c1ccncc1[O-]. The summed E-state index contributed by atoms with van der Waals surface area (Å²) in [4.78, 5) is 12.7. The summed E-state index contributed by atoms with van der Waals surface area (Å²) in [6.07, 6.45) is 2.12. The van der Waals surface area contributed by atoms with E-state index in [4.69, 9.17) is 0 Å². The van der Waals surface area contributed by atoms with Crippen LogP contribution in [0.15, 0.2) is 18.5 Å². The maximum Gasteiger partial charge on any atom is 0.264 e. The molecule has 0 saturated heterocycles. The summed E-state index contributed by atoms with van der Waals surface area (Å²) in [5.74, 6) is -0.660. The van der Waals surface area contributed by atoms with Crippen LogP contribution in [0, 0.1) is 10.1 Å². The van der Waals surface area contributed by atoms with Crippen LogP contribution in [0.4, 0.5) is 5.69 Å². The van der Waals surface area contributed by atoms with Gasteiger partial charge in [-0.15, -0.1) is 0 Å². The molecule has 0 aromatic carbocycles. The van der Waals surface area contributed by atoms with Crippen LogP contribution in [-0.2, 0) is 0 Å². The van der Waals surface area contributed by atoms with Gasteiger partial charge in [0.1, 0.15) is 0 Å². The highest BCUT2D eigenvalue weighted by Gasteiger charge is 2.03. The van der Waals surface area contributed by atoms with Crippen molar-refractivity contribution >= 4 is 5.69 Å². The van der Waals surface area contributed by atoms with Gasteiger partial charge in [0, 0.05) is 18.5 Å². The molecule has 5 heteroatoms. The average Bonchev–Trinajstić information content (AvgIpc) is 1.88. The zero-order valence-corrected chi connectivity index (χ0v) is 4.85. The van der Waals surface area contributed by atoms with Crippen LogP contribution in [0.3, 0.4) is 0 Å². The first-order valence-electron chi connectivity index (χ1n) is 2.47. The molecule has 10 heavy (non-hydrogen) atoms. The van der Waals surface area contributed by atoms with Gasteiger partial charge in [-0.2, -0.15) is 0 Å². The van der Waals surface area contributed by atoms with Crippen LogP contribution in [0.1, 0.15) is 0 Å². The fourth-order valence-corrected chi connectivity index (χ4v) is 0.523. The third-order valence-electron chi connectivity index (χ3n) is 0.959. The number of pyridine rings is 1. The van der Waals surface area contributed by atoms with Crippen molar-refractivity contribution in [3.8, 4) is 5.75 Å². The van der Waals surface area contributed by atoms with Gasteiger partial charge in [-0.3, -0.25) is 15.1 Å². The predicted molar refractivity (Wildman–Crippen MR) is 30.3 cm³/mol. The molecule has 5 nitrogen and oxygen atoms in total. The van der Waals surface area contributed by atoms with E-state index >= 15 is 0 Å². The minimum atomic E-state index is -0.732. The lowest BCUT2D eigenvalue weighted by Gasteiger charge is -2.02. The van der Waals surface area contributed by atoms with Crippen LogP contribution < -0.4 is 5.11 Å². The molecule has 52 valence electrons. The number of hydrogen-bond donors (Lipinski definition) is 0. The molecule has 1 rings (SSSR count). The van der Waals surface area contributed by atoms with Gasteiger partial charge in [0.2, 0.25) is 0 Å². The summed E-state index contributed by atoms with van der Waals surface area (Å²) in [6, 6.07) is 1.07. The van der Waals surface area contributed by atoms with E-state index in [1.165, 1.54) is 6.20 Å². The number of rotatable bonds is 1. The number of aromatic nitrogens is 1. The molecule has 1 heterocycles. The minimum absolute atomic E-state index is 0.435. The Hall–Kier alpha value is -1.65. The molecule has 0 aliphatic carbocycles. The van der Waals surface area contributed by atoms with Crippen molar-refractivity contribution in [1.82, 2.24) is 4.98 Å². The van der Waals surface area contributed by atoms with Gasteiger partial charge in [-0.25, -0.2) is 0 Å². The molecule has 0 aliphatic heterocycles. The molecule has 0 unspecified atom stereocenters. The molecular formula is C5H3N2O3-. The summed E-state index contributed by atoms with van der Waals surface area (Å²) >= 11 is 0. The first kappa shape index (κ1) is 6.47. The van der Waals surface area contributed by atoms with Gasteiger partial charge >= 0.3 is 0 Å². The number of nitrogens with zero attached hydrogens (tertiary/aromatic N) is 2. The summed E-state index contributed by atoms with van der Waals surface area (Å²) in [7, 11) is 0. The van der Waals surface area contributed by atoms with E-state index < -0.39 is 16.4 Å². The zero-order chi connectivity index (χ0) is 7.56. The Labute approximate surface area is 56.1 Å². The van der Waals surface area contributed by atoms with Crippen LogP contribution in [0.5, 0.6) is 5.75 Å². The third-order valence-corrected chi connectivity index (χ3v) is 0.959. The number of hydrogen-bond acceptors (Lipinski definition) is 4. The highest BCUT2D eigenvalue weighted by molar-refractivity contribution is 5.40. The van der Waals surface area contributed by atoms with Gasteiger partial charge in [0.05, 0.1) is 4.92 Å². The van der Waals surface area contributed by atoms with Crippen molar-refractivity contribution in [2.45, 2.75) is 0 Å². The quantitative estimate of drug-likeness (QED) is 0.407. The normalized spacial score (nSPS) is 9.20. The van der Waals surface area contributed by atoms with Crippen molar-refractivity contribution in [3.63, 3.8) is 0 Å². The minimum Gasteiger partial charge on any atom is -0.867 e. The maximum absolute atomic E-state index is 10.6. The molecule has 0 atom stereocenters. The van der Waals surface area contributed by atoms with E-state index in [-0.39, 0.29) is 0 Å². The third kappa shape index (κ3) is 1.02. The predicted octanol–water partition coefficient (Wildman–Crippen LogP) is 0.0634. The van der Waals surface area contributed by atoms with Crippen LogP contribution >= 0.6 is 0 Å². The molecule has 0 bridgehead atoms. The Morgan fingerprint density at radius 2 is 2.30 bits per heavy atom. The topological polar surface area (TPSA) is 79.1 Å². The summed E-state index contributed by atoms with van der Waals surface area (Å²) < 4.78 is 0. The van der Waals surface area contributed by atoms with E-state index in [0.29, 0.717) is 0 Å². The molecule has 0 saturated carbocycles. The van der Waals surface area contributed by atoms with E-state index in [9.17, 15) is 15.2 Å². The highest BCUT2D eigenvalue weighted by Crippen LogP contribution is 2.18. The largest absolute Gasteiger partial charge is 0.867 e. The van der Waals surface area contributed by atoms with E-state index in [1.807, 2.05) is 0 Å². The summed E-state index contributed by atoms with van der Waals surface area (Å²) in [5.41, 5.74) is -0.435. The Morgan fingerprint density at radius 1 is 1.60 bits per heavy atom. The Bertz CT molecular complexity index is 261. The molecule has 0 aliphatic rings. The second-order valence-corrected chi connectivity index (χ2v) is 1.60. The average molecular weight is 139 g/mol. The molecular weight excluding hydrogens is 136 g/mol. The van der Waals surface area contributed by atoms with E-state index in [0.717, 1.165) is 12.3 Å². The first-order chi connectivity index (χ1) is 4.72.